The fraction of sp³-hybridized carbons (Fsp3) is 0.409. The van der Waals surface area contributed by atoms with Crippen LogP contribution in [0.3, 0.4) is 0 Å². The van der Waals surface area contributed by atoms with Crippen molar-refractivity contribution < 1.29 is 14.3 Å². The van der Waals surface area contributed by atoms with Gasteiger partial charge in [0, 0.05) is 36.6 Å². The van der Waals surface area contributed by atoms with Crippen molar-refractivity contribution in [2.24, 2.45) is 5.92 Å². The van der Waals surface area contributed by atoms with E-state index in [2.05, 4.69) is 11.1 Å². The van der Waals surface area contributed by atoms with Gasteiger partial charge < -0.3 is 20.1 Å². The van der Waals surface area contributed by atoms with Crippen molar-refractivity contribution >= 4 is 11.7 Å². The summed E-state index contributed by atoms with van der Waals surface area (Å²) in [5, 5.41) is 9.79. The van der Waals surface area contributed by atoms with Crippen LogP contribution in [0.15, 0.2) is 18.2 Å². The van der Waals surface area contributed by atoms with Gasteiger partial charge in [-0.2, -0.15) is 5.26 Å². The molecule has 1 fully saturated rings. The van der Waals surface area contributed by atoms with Gasteiger partial charge in [-0.25, -0.2) is 4.98 Å². The Bertz CT molecular complexity index is 1010. The number of nitrogens with two attached hydrogens (primary N) is 1. The fourth-order valence-electron chi connectivity index (χ4n) is 4.10. The number of methoxy groups -OCH3 is 2. The second-order valence-electron chi connectivity index (χ2n) is 7.49. The highest BCUT2D eigenvalue weighted by Crippen LogP contribution is 2.39. The third-order valence-corrected chi connectivity index (χ3v) is 5.93. The van der Waals surface area contributed by atoms with Crippen LogP contribution in [0.5, 0.6) is 11.5 Å². The molecule has 1 amide bonds. The number of pyridine rings is 1. The van der Waals surface area contributed by atoms with E-state index in [0.717, 1.165) is 41.6 Å². The first kappa shape index (κ1) is 19.1. The van der Waals surface area contributed by atoms with Crippen molar-refractivity contribution in [2.75, 3.05) is 26.5 Å². The Morgan fingerprint density at radius 1 is 1.28 bits per heavy atom. The summed E-state index contributed by atoms with van der Waals surface area (Å²) in [4.78, 5) is 19.2. The van der Waals surface area contributed by atoms with E-state index in [1.165, 1.54) is 0 Å². The van der Waals surface area contributed by atoms with Crippen LogP contribution in [-0.2, 0) is 17.8 Å². The molecule has 2 N–H and O–H groups in total. The van der Waals surface area contributed by atoms with Crippen LogP contribution in [0.2, 0.25) is 0 Å². The lowest BCUT2D eigenvalue weighted by Gasteiger charge is -2.35. The van der Waals surface area contributed by atoms with E-state index >= 15 is 0 Å². The van der Waals surface area contributed by atoms with Crippen LogP contribution in [0.25, 0.3) is 11.1 Å². The van der Waals surface area contributed by atoms with Crippen molar-refractivity contribution in [2.45, 2.75) is 32.2 Å². The van der Waals surface area contributed by atoms with Crippen molar-refractivity contribution in [1.29, 1.82) is 5.26 Å². The molecule has 2 aliphatic rings. The van der Waals surface area contributed by atoms with Gasteiger partial charge in [0.05, 0.1) is 19.9 Å². The molecule has 0 unspecified atom stereocenters. The number of carbonyl (C=O) groups excluding carboxylic acids is 1. The van der Waals surface area contributed by atoms with Crippen LogP contribution in [0, 0.1) is 17.2 Å². The van der Waals surface area contributed by atoms with E-state index in [0.29, 0.717) is 36.6 Å². The average Bonchev–Trinajstić information content (AvgIpc) is 2.70. The number of benzene rings is 1. The van der Waals surface area contributed by atoms with Gasteiger partial charge in [-0.15, -0.1) is 0 Å². The van der Waals surface area contributed by atoms with Crippen LogP contribution < -0.4 is 15.2 Å². The first-order chi connectivity index (χ1) is 14.1. The molecule has 0 atom stereocenters. The molecule has 0 radical (unpaired) electrons. The molecule has 7 nitrogen and oxygen atoms in total. The fourth-order valence-corrected chi connectivity index (χ4v) is 4.10. The van der Waals surface area contributed by atoms with Crippen molar-refractivity contribution in [3.05, 3.63) is 35.0 Å². The molecule has 7 heteroatoms. The first-order valence-electron chi connectivity index (χ1n) is 9.79. The molecule has 150 valence electrons. The lowest BCUT2D eigenvalue weighted by molar-refractivity contribution is -0.139. The minimum atomic E-state index is 0.137. The van der Waals surface area contributed by atoms with Crippen LogP contribution in [0.1, 0.15) is 36.1 Å². The third-order valence-electron chi connectivity index (χ3n) is 5.93. The summed E-state index contributed by atoms with van der Waals surface area (Å²) < 4.78 is 10.8. The number of amides is 1. The molecule has 1 saturated carbocycles. The number of anilines is 1. The zero-order valence-electron chi connectivity index (χ0n) is 16.7. The first-order valence-corrected chi connectivity index (χ1v) is 9.79. The van der Waals surface area contributed by atoms with E-state index in [1.54, 1.807) is 20.3 Å². The number of rotatable bonds is 4. The predicted molar refractivity (Wildman–Crippen MR) is 108 cm³/mol. The van der Waals surface area contributed by atoms with Crippen molar-refractivity contribution in [3.63, 3.8) is 0 Å². The number of nitrogens with zero attached hydrogens (tertiary/aromatic N) is 3. The lowest BCUT2D eigenvalue weighted by atomic mass is 9.83. The topological polar surface area (TPSA) is 101 Å². The quantitative estimate of drug-likeness (QED) is 0.858. The standard InChI is InChI=1S/C22H24N4O3/c1-28-18-7-6-14(10-19(18)29-2)20-15(11-23)21(24)25-17-8-9-26(12-16(17)20)22(27)13-4-3-5-13/h6-7,10,13H,3-5,8-9,12H2,1-2H3,(H2,24,25). The number of hydrogen-bond acceptors (Lipinski definition) is 6. The zero-order chi connectivity index (χ0) is 20.5. The molecule has 2 aromatic rings. The van der Waals surface area contributed by atoms with E-state index in [1.807, 2.05) is 17.0 Å². The Hall–Kier alpha value is -3.27. The van der Waals surface area contributed by atoms with Gasteiger partial charge in [-0.1, -0.05) is 12.5 Å². The Labute approximate surface area is 170 Å². The minimum absolute atomic E-state index is 0.137. The Morgan fingerprint density at radius 2 is 2.03 bits per heavy atom. The Morgan fingerprint density at radius 3 is 2.66 bits per heavy atom. The monoisotopic (exact) mass is 392 g/mol. The summed E-state index contributed by atoms with van der Waals surface area (Å²) in [5.41, 5.74) is 9.71. The van der Waals surface area contributed by atoms with E-state index in [9.17, 15) is 10.1 Å². The smallest absolute Gasteiger partial charge is 0.225 e. The summed E-state index contributed by atoms with van der Waals surface area (Å²) in [7, 11) is 3.15. The summed E-state index contributed by atoms with van der Waals surface area (Å²) in [5.74, 6) is 1.73. The van der Waals surface area contributed by atoms with Gasteiger partial charge in [0.15, 0.2) is 11.5 Å². The number of aromatic nitrogens is 1. The number of ether oxygens (including phenoxy) is 2. The Kier molecular flexibility index (Phi) is 5.01. The van der Waals surface area contributed by atoms with E-state index < -0.39 is 0 Å². The molecular formula is C22H24N4O3. The molecule has 1 aromatic carbocycles. The third kappa shape index (κ3) is 3.25. The maximum absolute atomic E-state index is 12.8. The molecule has 29 heavy (non-hydrogen) atoms. The second kappa shape index (κ2) is 7.63. The molecule has 1 aromatic heterocycles. The van der Waals surface area contributed by atoms with Crippen LogP contribution >= 0.6 is 0 Å². The van der Waals surface area contributed by atoms with Crippen LogP contribution in [-0.4, -0.2) is 36.6 Å². The van der Waals surface area contributed by atoms with Crippen molar-refractivity contribution in [1.82, 2.24) is 9.88 Å². The molecule has 1 aliphatic heterocycles. The molecule has 0 saturated heterocycles. The molecule has 0 bridgehead atoms. The molecule has 0 spiro atoms. The maximum Gasteiger partial charge on any atom is 0.225 e. The summed E-state index contributed by atoms with van der Waals surface area (Å²) in [6, 6.07) is 7.72. The number of fused-ring (bicyclic) bond motifs is 1. The average molecular weight is 392 g/mol. The number of hydrogen-bond donors (Lipinski definition) is 1. The van der Waals surface area contributed by atoms with Gasteiger partial charge in [-0.05, 0) is 30.5 Å². The van der Waals surface area contributed by atoms with E-state index in [-0.39, 0.29) is 17.6 Å². The summed E-state index contributed by atoms with van der Waals surface area (Å²) in [6.45, 7) is 1.07. The highest BCUT2D eigenvalue weighted by atomic mass is 16.5. The molecule has 2 heterocycles. The van der Waals surface area contributed by atoms with Crippen LogP contribution in [0.4, 0.5) is 5.82 Å². The normalized spacial score (nSPS) is 15.8. The largest absolute Gasteiger partial charge is 0.493 e. The highest BCUT2D eigenvalue weighted by molar-refractivity contribution is 5.83. The second-order valence-corrected chi connectivity index (χ2v) is 7.49. The van der Waals surface area contributed by atoms with Gasteiger partial charge in [0.1, 0.15) is 17.5 Å². The highest BCUT2D eigenvalue weighted by Gasteiger charge is 2.33. The minimum Gasteiger partial charge on any atom is -0.493 e. The van der Waals surface area contributed by atoms with Gasteiger partial charge in [-0.3, -0.25) is 4.79 Å². The molecule has 1 aliphatic carbocycles. The van der Waals surface area contributed by atoms with Gasteiger partial charge in [0.2, 0.25) is 5.91 Å². The van der Waals surface area contributed by atoms with Gasteiger partial charge >= 0.3 is 0 Å². The zero-order valence-corrected chi connectivity index (χ0v) is 16.7. The lowest BCUT2D eigenvalue weighted by Crippen LogP contribution is -2.42. The predicted octanol–water partition coefficient (Wildman–Crippen LogP) is 2.90. The van der Waals surface area contributed by atoms with Crippen molar-refractivity contribution in [3.8, 4) is 28.7 Å². The number of nitrogen functional groups attached to an aromatic ring is 1. The maximum atomic E-state index is 12.8. The molecular weight excluding hydrogens is 368 g/mol. The van der Waals surface area contributed by atoms with E-state index in [4.69, 9.17) is 15.2 Å². The SMILES string of the molecule is COc1ccc(-c2c(C#N)c(N)nc3c2CN(C(=O)C2CCC2)CC3)cc1OC. The summed E-state index contributed by atoms with van der Waals surface area (Å²) in [6.07, 6.45) is 3.68. The molecule has 4 rings (SSSR count). The number of nitriles is 1. The Balaban J connectivity index is 1.82. The summed E-state index contributed by atoms with van der Waals surface area (Å²) >= 11 is 0. The van der Waals surface area contributed by atoms with Gasteiger partial charge in [0.25, 0.3) is 0 Å². The number of carbonyl (C=O) groups is 1.